The van der Waals surface area contributed by atoms with Crippen molar-refractivity contribution in [2.24, 2.45) is 0 Å². The van der Waals surface area contributed by atoms with Gasteiger partial charge in [-0.25, -0.2) is 0 Å². The van der Waals surface area contributed by atoms with Gasteiger partial charge in [-0.2, -0.15) is 0 Å². The number of Topliss-reactive ketones (excluding diaryl/α,β-unsaturated/α-hetero) is 1. The van der Waals surface area contributed by atoms with Gasteiger partial charge in [0.15, 0.2) is 5.76 Å². The van der Waals surface area contributed by atoms with Crippen LogP contribution in [0.4, 0.5) is 0 Å². The monoisotopic (exact) mass is 361 g/mol. The van der Waals surface area contributed by atoms with Gasteiger partial charge in [0.25, 0.3) is 0 Å². The lowest BCUT2D eigenvalue weighted by atomic mass is 9.96. The summed E-state index contributed by atoms with van der Waals surface area (Å²) in [5.74, 6) is 1.40. The molecule has 0 radical (unpaired) electrons. The van der Waals surface area contributed by atoms with Crippen LogP contribution in [-0.2, 0) is 6.42 Å². The van der Waals surface area contributed by atoms with E-state index in [0.29, 0.717) is 29.2 Å². The van der Waals surface area contributed by atoms with Crippen molar-refractivity contribution >= 4 is 22.8 Å². The van der Waals surface area contributed by atoms with E-state index < -0.39 is 5.60 Å². The van der Waals surface area contributed by atoms with Crippen LogP contribution in [0, 0.1) is 0 Å². The number of hydrogen-bond donors (Lipinski definition) is 2. The maximum absolute atomic E-state index is 12.8. The van der Waals surface area contributed by atoms with Crippen LogP contribution in [0.15, 0.2) is 48.4 Å². The normalized spacial score (nSPS) is 19.9. The standard InChI is InChI=1S/C22H19NO4/c1-22(2,25)19-11-15-17(26-19)6-4-14-20(24)18(27-21(14)15)10-12-3-5-16-13(9-12)7-8-23-16/h3-10,19,23,25H,11H2,1-2H3/b18-10-/t19-/m1/s1. The van der Waals surface area contributed by atoms with Gasteiger partial charge in [0, 0.05) is 23.7 Å². The maximum Gasteiger partial charge on any atom is 0.231 e. The van der Waals surface area contributed by atoms with Gasteiger partial charge in [0.2, 0.25) is 5.78 Å². The predicted molar refractivity (Wildman–Crippen MR) is 102 cm³/mol. The number of benzene rings is 2. The summed E-state index contributed by atoms with van der Waals surface area (Å²) in [5.41, 5.74) is 2.37. The number of carbonyl (C=O) groups is 1. The van der Waals surface area contributed by atoms with Crippen molar-refractivity contribution in [3.63, 3.8) is 0 Å². The van der Waals surface area contributed by atoms with Crippen LogP contribution in [0.25, 0.3) is 17.0 Å². The molecule has 27 heavy (non-hydrogen) atoms. The molecule has 0 fully saturated rings. The van der Waals surface area contributed by atoms with Crippen molar-refractivity contribution in [3.05, 3.63) is 65.0 Å². The summed E-state index contributed by atoms with van der Waals surface area (Å²) in [5, 5.41) is 11.3. The number of carbonyl (C=O) groups excluding carboxylic acids is 1. The molecular formula is C22H19NO4. The van der Waals surface area contributed by atoms with Crippen molar-refractivity contribution < 1.29 is 19.4 Å². The molecule has 3 aromatic rings. The second kappa shape index (κ2) is 5.47. The lowest BCUT2D eigenvalue weighted by Crippen LogP contribution is -2.39. The molecule has 2 aliphatic heterocycles. The fourth-order valence-electron chi connectivity index (χ4n) is 3.68. The second-order valence-corrected chi connectivity index (χ2v) is 7.65. The van der Waals surface area contributed by atoms with Crippen molar-refractivity contribution in [1.29, 1.82) is 0 Å². The number of fused-ring (bicyclic) bond motifs is 4. The summed E-state index contributed by atoms with van der Waals surface area (Å²) < 4.78 is 11.8. The summed E-state index contributed by atoms with van der Waals surface area (Å²) in [6.45, 7) is 3.44. The SMILES string of the molecule is CC(C)(O)[C@H]1Cc2c(ccc3c2O/C(=C\c2ccc4[nH]ccc4c2)C3=O)O1. The van der Waals surface area contributed by atoms with E-state index in [1.54, 1.807) is 32.1 Å². The van der Waals surface area contributed by atoms with E-state index in [0.717, 1.165) is 22.0 Å². The van der Waals surface area contributed by atoms with Gasteiger partial charge < -0.3 is 19.6 Å². The number of allylic oxidation sites excluding steroid dienone is 1. The average Bonchev–Trinajstić information content (AvgIpc) is 3.32. The van der Waals surface area contributed by atoms with Crippen molar-refractivity contribution in [2.45, 2.75) is 32.0 Å². The molecule has 136 valence electrons. The molecule has 0 amide bonds. The van der Waals surface area contributed by atoms with Gasteiger partial charge in [-0.15, -0.1) is 0 Å². The first-order valence-corrected chi connectivity index (χ1v) is 8.96. The summed E-state index contributed by atoms with van der Waals surface area (Å²) >= 11 is 0. The Hall–Kier alpha value is -3.05. The Morgan fingerprint density at radius 2 is 2.07 bits per heavy atom. The Kier molecular flexibility index (Phi) is 3.27. The topological polar surface area (TPSA) is 71.5 Å². The summed E-state index contributed by atoms with van der Waals surface area (Å²) in [7, 11) is 0. The molecular weight excluding hydrogens is 342 g/mol. The molecule has 2 aliphatic rings. The molecule has 0 spiro atoms. The molecule has 5 rings (SSSR count). The molecule has 1 aromatic heterocycles. The third-order valence-electron chi connectivity index (χ3n) is 5.22. The number of ketones is 1. The van der Waals surface area contributed by atoms with Crippen LogP contribution in [0.2, 0.25) is 0 Å². The van der Waals surface area contributed by atoms with E-state index >= 15 is 0 Å². The van der Waals surface area contributed by atoms with E-state index in [4.69, 9.17) is 9.47 Å². The first-order valence-electron chi connectivity index (χ1n) is 8.96. The number of ether oxygens (including phenoxy) is 2. The zero-order chi connectivity index (χ0) is 18.8. The smallest absolute Gasteiger partial charge is 0.231 e. The zero-order valence-electron chi connectivity index (χ0n) is 15.1. The Morgan fingerprint density at radius 3 is 2.89 bits per heavy atom. The minimum atomic E-state index is -0.973. The molecule has 3 heterocycles. The summed E-state index contributed by atoms with van der Waals surface area (Å²) in [4.78, 5) is 16.0. The minimum Gasteiger partial charge on any atom is -0.487 e. The molecule has 0 aliphatic carbocycles. The molecule has 1 atom stereocenters. The lowest BCUT2D eigenvalue weighted by Gasteiger charge is -2.24. The van der Waals surface area contributed by atoms with Crippen LogP contribution in [0.5, 0.6) is 11.5 Å². The van der Waals surface area contributed by atoms with Crippen LogP contribution in [-0.4, -0.2) is 27.6 Å². The third kappa shape index (κ3) is 2.54. The van der Waals surface area contributed by atoms with Crippen LogP contribution >= 0.6 is 0 Å². The Bertz CT molecular complexity index is 1120. The van der Waals surface area contributed by atoms with Gasteiger partial charge in [-0.05, 0) is 61.2 Å². The molecule has 0 unspecified atom stereocenters. The number of aliphatic hydroxyl groups is 1. The first-order chi connectivity index (χ1) is 12.9. The van der Waals surface area contributed by atoms with Gasteiger partial charge in [-0.3, -0.25) is 4.79 Å². The minimum absolute atomic E-state index is 0.131. The fourth-order valence-corrected chi connectivity index (χ4v) is 3.68. The van der Waals surface area contributed by atoms with Crippen molar-refractivity contribution in [1.82, 2.24) is 4.98 Å². The lowest BCUT2D eigenvalue weighted by molar-refractivity contribution is -0.0229. The van der Waals surface area contributed by atoms with E-state index in [9.17, 15) is 9.90 Å². The highest BCUT2D eigenvalue weighted by atomic mass is 16.5. The van der Waals surface area contributed by atoms with E-state index in [-0.39, 0.29) is 11.9 Å². The average molecular weight is 361 g/mol. The molecule has 0 saturated carbocycles. The van der Waals surface area contributed by atoms with E-state index in [2.05, 4.69) is 4.98 Å². The number of aromatic amines is 1. The van der Waals surface area contributed by atoms with Crippen molar-refractivity contribution in [2.75, 3.05) is 0 Å². The number of rotatable bonds is 2. The van der Waals surface area contributed by atoms with Crippen molar-refractivity contribution in [3.8, 4) is 11.5 Å². The quantitative estimate of drug-likeness (QED) is 0.680. The van der Waals surface area contributed by atoms with E-state index in [1.165, 1.54) is 0 Å². The van der Waals surface area contributed by atoms with Crippen LogP contribution in [0.3, 0.4) is 0 Å². The highest BCUT2D eigenvalue weighted by molar-refractivity contribution is 6.15. The largest absolute Gasteiger partial charge is 0.487 e. The third-order valence-corrected chi connectivity index (χ3v) is 5.22. The Balaban J connectivity index is 1.51. The molecule has 5 heteroatoms. The zero-order valence-corrected chi connectivity index (χ0v) is 15.1. The highest BCUT2D eigenvalue weighted by Gasteiger charge is 2.40. The predicted octanol–water partition coefficient (Wildman–Crippen LogP) is 3.86. The van der Waals surface area contributed by atoms with Gasteiger partial charge >= 0.3 is 0 Å². The second-order valence-electron chi connectivity index (χ2n) is 7.65. The van der Waals surface area contributed by atoms with Gasteiger partial charge in [-0.1, -0.05) is 6.07 Å². The Morgan fingerprint density at radius 1 is 1.22 bits per heavy atom. The van der Waals surface area contributed by atoms with Crippen LogP contribution in [0.1, 0.15) is 35.3 Å². The molecule has 2 N–H and O–H groups in total. The fraction of sp³-hybridized carbons (Fsp3) is 0.227. The number of H-pyrrole nitrogens is 1. The Labute approximate surface area is 156 Å². The number of nitrogens with one attached hydrogen (secondary N) is 1. The first kappa shape index (κ1) is 16.1. The summed E-state index contributed by atoms with van der Waals surface area (Å²) in [6, 6.07) is 11.5. The van der Waals surface area contributed by atoms with Gasteiger partial charge in [0.05, 0.1) is 11.2 Å². The summed E-state index contributed by atoms with van der Waals surface area (Å²) in [6.07, 6.45) is 3.81. The van der Waals surface area contributed by atoms with Gasteiger partial charge in [0.1, 0.15) is 17.6 Å². The van der Waals surface area contributed by atoms with E-state index in [1.807, 2.05) is 30.5 Å². The highest BCUT2D eigenvalue weighted by Crippen LogP contribution is 2.45. The number of aromatic nitrogens is 1. The molecule has 0 bridgehead atoms. The number of hydrogen-bond acceptors (Lipinski definition) is 4. The van der Waals surface area contributed by atoms with Crippen LogP contribution < -0.4 is 9.47 Å². The molecule has 5 nitrogen and oxygen atoms in total. The maximum atomic E-state index is 12.8. The molecule has 2 aromatic carbocycles. The molecule has 0 saturated heterocycles.